The van der Waals surface area contributed by atoms with Crippen LogP contribution in [0.4, 0.5) is 4.39 Å². The van der Waals surface area contributed by atoms with Crippen molar-refractivity contribution in [1.82, 2.24) is 20.0 Å². The maximum atomic E-state index is 13.2. The van der Waals surface area contributed by atoms with Crippen molar-refractivity contribution in [3.8, 4) is 5.69 Å². The number of amides is 1. The van der Waals surface area contributed by atoms with Crippen molar-refractivity contribution in [2.24, 2.45) is 0 Å². The Labute approximate surface area is 180 Å². The molecule has 0 radical (unpaired) electrons. The number of rotatable bonds is 6. The molecule has 7 heteroatoms. The number of likely N-dealkylation sites (tertiary alicyclic amines) is 1. The van der Waals surface area contributed by atoms with E-state index in [4.69, 9.17) is 0 Å². The first kappa shape index (κ1) is 20.9. The summed E-state index contributed by atoms with van der Waals surface area (Å²) in [5, 5.41) is 7.08. The molecule has 0 saturated carbocycles. The number of hydrogen-bond donors (Lipinski definition) is 1. The van der Waals surface area contributed by atoms with Gasteiger partial charge in [0.05, 0.1) is 5.69 Å². The van der Waals surface area contributed by atoms with Crippen LogP contribution in [-0.4, -0.2) is 39.7 Å². The molecule has 1 atom stereocenters. The molecule has 2 heterocycles. The minimum absolute atomic E-state index is 0.169. The zero-order chi connectivity index (χ0) is 21.6. The lowest BCUT2D eigenvalue weighted by molar-refractivity contribution is 0.0900. The first-order valence-corrected chi connectivity index (χ1v) is 10.5. The Morgan fingerprint density at radius 1 is 1.06 bits per heavy atom. The maximum Gasteiger partial charge on any atom is 0.275 e. The van der Waals surface area contributed by atoms with Gasteiger partial charge < -0.3 is 5.32 Å². The molecular formula is C24H25FN4O2. The van der Waals surface area contributed by atoms with E-state index in [0.717, 1.165) is 32.4 Å². The molecule has 1 aliphatic heterocycles. The lowest BCUT2D eigenvalue weighted by atomic mass is 10.0. The number of nitrogens with one attached hydrogen (secondary N) is 1. The van der Waals surface area contributed by atoms with Crippen molar-refractivity contribution in [1.29, 1.82) is 0 Å². The van der Waals surface area contributed by atoms with E-state index < -0.39 is 11.3 Å². The van der Waals surface area contributed by atoms with Crippen LogP contribution in [0, 0.1) is 5.82 Å². The largest absolute Gasteiger partial charge is 0.349 e. The predicted octanol–water partition coefficient (Wildman–Crippen LogP) is 3.16. The average molecular weight is 420 g/mol. The maximum absolute atomic E-state index is 13.2. The Bertz CT molecular complexity index is 1080. The van der Waals surface area contributed by atoms with E-state index in [1.807, 2.05) is 18.2 Å². The van der Waals surface area contributed by atoms with E-state index in [9.17, 15) is 14.0 Å². The van der Waals surface area contributed by atoms with Crippen LogP contribution in [-0.2, 0) is 6.54 Å². The van der Waals surface area contributed by atoms with Crippen LogP contribution in [0.5, 0.6) is 0 Å². The minimum atomic E-state index is -0.494. The molecule has 0 bridgehead atoms. The molecule has 1 unspecified atom stereocenters. The quantitative estimate of drug-likeness (QED) is 0.665. The van der Waals surface area contributed by atoms with Crippen molar-refractivity contribution < 1.29 is 9.18 Å². The molecule has 3 aromatic rings. The van der Waals surface area contributed by atoms with Gasteiger partial charge in [-0.15, -0.1) is 0 Å². The number of halogens is 1. The van der Waals surface area contributed by atoms with E-state index in [1.54, 1.807) is 0 Å². The van der Waals surface area contributed by atoms with Gasteiger partial charge in [-0.05, 0) is 49.2 Å². The zero-order valence-electron chi connectivity index (χ0n) is 17.2. The molecule has 1 N–H and O–H groups in total. The third kappa shape index (κ3) is 5.24. The van der Waals surface area contributed by atoms with E-state index in [1.165, 1.54) is 46.8 Å². The highest BCUT2D eigenvalue weighted by Crippen LogP contribution is 2.19. The van der Waals surface area contributed by atoms with Gasteiger partial charge in [0, 0.05) is 31.4 Å². The van der Waals surface area contributed by atoms with E-state index in [0.29, 0.717) is 12.2 Å². The highest BCUT2D eigenvalue weighted by Gasteiger charge is 2.24. The van der Waals surface area contributed by atoms with Crippen LogP contribution >= 0.6 is 0 Å². The summed E-state index contributed by atoms with van der Waals surface area (Å²) in [5.74, 6) is -0.859. The molecule has 160 valence electrons. The first-order valence-electron chi connectivity index (χ1n) is 10.5. The smallest absolute Gasteiger partial charge is 0.275 e. The second kappa shape index (κ2) is 9.66. The van der Waals surface area contributed by atoms with Gasteiger partial charge in [0.1, 0.15) is 5.82 Å². The fourth-order valence-corrected chi connectivity index (χ4v) is 3.91. The number of carbonyl (C=O) groups is 1. The lowest BCUT2D eigenvalue weighted by Gasteiger charge is -2.35. The Hall–Kier alpha value is -3.32. The molecule has 1 aromatic heterocycles. The highest BCUT2D eigenvalue weighted by atomic mass is 19.1. The van der Waals surface area contributed by atoms with Gasteiger partial charge in [-0.1, -0.05) is 36.8 Å². The van der Waals surface area contributed by atoms with Gasteiger partial charge in [-0.2, -0.15) is 5.10 Å². The van der Waals surface area contributed by atoms with E-state index >= 15 is 0 Å². The summed E-state index contributed by atoms with van der Waals surface area (Å²) >= 11 is 0. The van der Waals surface area contributed by atoms with Crippen molar-refractivity contribution in [2.75, 3.05) is 13.1 Å². The van der Waals surface area contributed by atoms with Crippen molar-refractivity contribution in [3.05, 3.63) is 94.2 Å². The monoisotopic (exact) mass is 420 g/mol. The van der Waals surface area contributed by atoms with Gasteiger partial charge in [0.25, 0.3) is 5.91 Å². The van der Waals surface area contributed by atoms with E-state index in [-0.39, 0.29) is 17.6 Å². The normalized spacial score (nSPS) is 16.7. The second-order valence-corrected chi connectivity index (χ2v) is 7.77. The standard InChI is InChI=1S/C24H25FN4O2/c25-19-9-11-20(12-10-19)29-15-13-22(30)23(27-29)24(31)26-16-21-8-4-5-14-28(21)17-18-6-2-1-3-7-18/h1-3,6-7,9-13,15,21H,4-5,8,14,16-17H2,(H,26,31). The summed E-state index contributed by atoms with van der Waals surface area (Å²) in [7, 11) is 0. The summed E-state index contributed by atoms with van der Waals surface area (Å²) < 4.78 is 14.6. The molecule has 1 saturated heterocycles. The Kier molecular flexibility index (Phi) is 6.52. The zero-order valence-corrected chi connectivity index (χ0v) is 17.2. The molecule has 1 amide bonds. The highest BCUT2D eigenvalue weighted by molar-refractivity contribution is 5.92. The van der Waals surface area contributed by atoms with Gasteiger partial charge >= 0.3 is 0 Å². The van der Waals surface area contributed by atoms with Crippen LogP contribution in [0.1, 0.15) is 35.3 Å². The Balaban J connectivity index is 1.44. The van der Waals surface area contributed by atoms with Crippen molar-refractivity contribution >= 4 is 5.91 Å². The number of aromatic nitrogens is 2. The summed E-state index contributed by atoms with van der Waals surface area (Å²) in [4.78, 5) is 27.4. The number of benzene rings is 2. The molecule has 0 spiro atoms. The summed E-state index contributed by atoms with van der Waals surface area (Å²) in [5.41, 5.74) is 1.20. The second-order valence-electron chi connectivity index (χ2n) is 7.77. The van der Waals surface area contributed by atoms with Crippen molar-refractivity contribution in [3.63, 3.8) is 0 Å². The molecule has 0 aliphatic carbocycles. The number of hydrogen-bond acceptors (Lipinski definition) is 4. The summed E-state index contributed by atoms with van der Waals surface area (Å²) in [6, 6.07) is 17.5. The number of carbonyl (C=O) groups excluding carboxylic acids is 1. The molecule has 31 heavy (non-hydrogen) atoms. The first-order chi connectivity index (χ1) is 15.1. The average Bonchev–Trinajstić information content (AvgIpc) is 2.80. The lowest BCUT2D eigenvalue weighted by Crippen LogP contribution is -2.46. The fraction of sp³-hybridized carbons (Fsp3) is 0.292. The molecule has 4 rings (SSSR count). The van der Waals surface area contributed by atoms with Crippen molar-refractivity contribution in [2.45, 2.75) is 31.8 Å². The van der Waals surface area contributed by atoms with Gasteiger partial charge in [-0.25, -0.2) is 9.07 Å². The SMILES string of the molecule is O=C(NCC1CCCCN1Cc1ccccc1)c1nn(-c2ccc(F)cc2)ccc1=O. The molecule has 1 aliphatic rings. The predicted molar refractivity (Wildman–Crippen MR) is 117 cm³/mol. The molecule has 6 nitrogen and oxygen atoms in total. The molecule has 1 fully saturated rings. The van der Waals surface area contributed by atoms with Crippen LogP contribution in [0.15, 0.2) is 71.7 Å². The number of nitrogens with zero attached hydrogens (tertiary/aromatic N) is 3. The number of piperidine rings is 1. The minimum Gasteiger partial charge on any atom is -0.349 e. The van der Waals surface area contributed by atoms with Gasteiger partial charge in [0.2, 0.25) is 5.43 Å². The third-order valence-electron chi connectivity index (χ3n) is 5.59. The summed E-state index contributed by atoms with van der Waals surface area (Å²) in [6.45, 7) is 2.27. The fourth-order valence-electron chi connectivity index (χ4n) is 3.91. The topological polar surface area (TPSA) is 67.2 Å². The van der Waals surface area contributed by atoms with Crippen LogP contribution in [0.2, 0.25) is 0 Å². The van der Waals surface area contributed by atoms with Gasteiger partial charge in [-0.3, -0.25) is 14.5 Å². The van der Waals surface area contributed by atoms with Crippen LogP contribution in [0.3, 0.4) is 0 Å². The third-order valence-corrected chi connectivity index (χ3v) is 5.59. The van der Waals surface area contributed by atoms with Crippen LogP contribution < -0.4 is 10.7 Å². The van der Waals surface area contributed by atoms with Gasteiger partial charge in [0.15, 0.2) is 5.69 Å². The molecular weight excluding hydrogens is 395 g/mol. The van der Waals surface area contributed by atoms with Crippen LogP contribution in [0.25, 0.3) is 5.69 Å². The summed E-state index contributed by atoms with van der Waals surface area (Å²) in [6.07, 6.45) is 4.72. The Morgan fingerprint density at radius 3 is 2.61 bits per heavy atom. The Morgan fingerprint density at radius 2 is 1.84 bits per heavy atom. The van der Waals surface area contributed by atoms with E-state index in [2.05, 4.69) is 27.4 Å². The molecule has 2 aromatic carbocycles.